The Morgan fingerprint density at radius 2 is 2.04 bits per heavy atom. The van der Waals surface area contributed by atoms with E-state index in [2.05, 4.69) is 15.9 Å². The molecule has 1 amide bonds. The fourth-order valence-electron chi connectivity index (χ4n) is 2.10. The van der Waals surface area contributed by atoms with Crippen molar-refractivity contribution in [1.29, 1.82) is 0 Å². The highest BCUT2D eigenvalue weighted by Crippen LogP contribution is 2.38. The summed E-state index contributed by atoms with van der Waals surface area (Å²) in [5.41, 5.74) is 0.711. The molecule has 1 aliphatic rings. The molecule has 0 spiro atoms. The molecule has 0 atom stereocenters. The molecule has 9 heteroatoms. The molecule has 1 saturated heterocycles. The van der Waals surface area contributed by atoms with Gasteiger partial charge in [-0.2, -0.15) is 0 Å². The Labute approximate surface area is 163 Å². The fraction of sp³-hybridized carbons (Fsp3) is 0.312. The van der Waals surface area contributed by atoms with Crippen molar-refractivity contribution in [2.45, 2.75) is 13.8 Å². The van der Waals surface area contributed by atoms with Crippen molar-refractivity contribution in [2.24, 2.45) is 0 Å². The van der Waals surface area contributed by atoms with Crippen LogP contribution in [-0.4, -0.2) is 46.0 Å². The molecule has 0 bridgehead atoms. The van der Waals surface area contributed by atoms with Gasteiger partial charge in [0.25, 0.3) is 5.91 Å². The lowest BCUT2D eigenvalue weighted by Gasteiger charge is -2.13. The minimum Gasteiger partial charge on any atom is -0.490 e. The summed E-state index contributed by atoms with van der Waals surface area (Å²) in [6, 6.07) is 3.32. The zero-order chi connectivity index (χ0) is 18.6. The van der Waals surface area contributed by atoms with Crippen molar-refractivity contribution in [3.8, 4) is 11.5 Å². The largest absolute Gasteiger partial charge is 0.490 e. The summed E-state index contributed by atoms with van der Waals surface area (Å²) < 4.78 is 12.0. The SMILES string of the molecule is CCOc1cc(C=C2SC(=S)N(CC)C2=O)c(Br)cc1OCC(=O)O. The van der Waals surface area contributed by atoms with E-state index < -0.39 is 12.6 Å². The minimum atomic E-state index is -1.08. The van der Waals surface area contributed by atoms with Gasteiger partial charge in [-0.15, -0.1) is 0 Å². The number of carbonyl (C=O) groups is 2. The molecule has 1 fully saturated rings. The smallest absolute Gasteiger partial charge is 0.341 e. The summed E-state index contributed by atoms with van der Waals surface area (Å²) in [4.78, 5) is 25.1. The summed E-state index contributed by atoms with van der Waals surface area (Å²) in [5, 5.41) is 8.77. The maximum atomic E-state index is 12.3. The van der Waals surface area contributed by atoms with Crippen LogP contribution in [0.5, 0.6) is 11.5 Å². The van der Waals surface area contributed by atoms with E-state index in [1.807, 2.05) is 13.8 Å². The Balaban J connectivity index is 2.37. The molecule has 1 N–H and O–H groups in total. The monoisotopic (exact) mass is 445 g/mol. The van der Waals surface area contributed by atoms with Crippen molar-refractivity contribution in [1.82, 2.24) is 4.90 Å². The van der Waals surface area contributed by atoms with Gasteiger partial charge in [-0.25, -0.2) is 4.79 Å². The topological polar surface area (TPSA) is 76.1 Å². The van der Waals surface area contributed by atoms with Crippen LogP contribution >= 0.6 is 39.9 Å². The molecule has 0 aliphatic carbocycles. The van der Waals surface area contributed by atoms with Gasteiger partial charge in [0.1, 0.15) is 4.32 Å². The number of amides is 1. The Hall–Kier alpha value is -1.58. The van der Waals surface area contributed by atoms with Crippen LogP contribution in [-0.2, 0) is 9.59 Å². The molecule has 1 aliphatic heterocycles. The molecule has 6 nitrogen and oxygen atoms in total. The van der Waals surface area contributed by atoms with E-state index in [9.17, 15) is 9.59 Å². The first-order chi connectivity index (χ1) is 11.9. The second kappa shape index (κ2) is 8.68. The molecule has 1 aromatic rings. The summed E-state index contributed by atoms with van der Waals surface area (Å²) in [5.74, 6) is -0.488. The van der Waals surface area contributed by atoms with E-state index in [0.717, 1.165) is 0 Å². The van der Waals surface area contributed by atoms with Crippen molar-refractivity contribution >= 4 is 62.2 Å². The Morgan fingerprint density at radius 1 is 1.36 bits per heavy atom. The lowest BCUT2D eigenvalue weighted by atomic mass is 10.2. The number of hydrogen-bond donors (Lipinski definition) is 1. The molecule has 0 saturated carbocycles. The van der Waals surface area contributed by atoms with Gasteiger partial charge in [0, 0.05) is 11.0 Å². The zero-order valence-electron chi connectivity index (χ0n) is 13.6. The van der Waals surface area contributed by atoms with Gasteiger partial charge in [0.05, 0.1) is 11.5 Å². The maximum Gasteiger partial charge on any atom is 0.341 e. The van der Waals surface area contributed by atoms with Crippen LogP contribution < -0.4 is 9.47 Å². The standard InChI is InChI=1S/C16H16BrNO5S2/c1-3-18-15(21)13(25-16(18)24)6-9-5-11(22-4-2)12(7-10(9)17)23-8-14(19)20/h5-7H,3-4,8H2,1-2H3,(H,19,20). The second-order valence-corrected chi connectivity index (χ2v) is 7.39. The maximum absolute atomic E-state index is 12.3. The lowest BCUT2D eigenvalue weighted by Crippen LogP contribution is -2.27. The number of aliphatic carboxylic acids is 1. The second-order valence-electron chi connectivity index (χ2n) is 4.86. The number of likely N-dealkylation sites (N-methyl/N-ethyl adjacent to an activating group) is 1. The van der Waals surface area contributed by atoms with Crippen molar-refractivity contribution < 1.29 is 24.2 Å². The number of rotatable bonds is 7. The summed E-state index contributed by atoms with van der Waals surface area (Å²) in [6.07, 6.45) is 1.72. The molecule has 134 valence electrons. The fourth-order valence-corrected chi connectivity index (χ4v) is 3.91. The predicted octanol–water partition coefficient (Wildman–Crippen LogP) is 3.53. The van der Waals surface area contributed by atoms with Gasteiger partial charge in [0.15, 0.2) is 18.1 Å². The molecule has 25 heavy (non-hydrogen) atoms. The molecular formula is C16H16BrNO5S2. The number of carbonyl (C=O) groups excluding carboxylic acids is 1. The molecule has 0 radical (unpaired) electrons. The van der Waals surface area contributed by atoms with Gasteiger partial charge < -0.3 is 14.6 Å². The van der Waals surface area contributed by atoms with Crippen molar-refractivity contribution in [2.75, 3.05) is 19.8 Å². The first-order valence-electron chi connectivity index (χ1n) is 7.43. The zero-order valence-corrected chi connectivity index (χ0v) is 16.8. The average molecular weight is 446 g/mol. The number of benzene rings is 1. The number of hydrogen-bond acceptors (Lipinski definition) is 6. The third-order valence-electron chi connectivity index (χ3n) is 3.19. The van der Waals surface area contributed by atoms with Crippen LogP contribution in [0.25, 0.3) is 6.08 Å². The highest BCUT2D eigenvalue weighted by molar-refractivity contribution is 9.10. The minimum absolute atomic E-state index is 0.131. The predicted molar refractivity (Wildman–Crippen MR) is 104 cm³/mol. The average Bonchev–Trinajstić information content (AvgIpc) is 2.82. The molecular weight excluding hydrogens is 430 g/mol. The highest BCUT2D eigenvalue weighted by atomic mass is 79.9. The highest BCUT2D eigenvalue weighted by Gasteiger charge is 2.30. The molecule has 0 aromatic heterocycles. The van der Waals surface area contributed by atoms with E-state index in [1.54, 1.807) is 18.2 Å². The van der Waals surface area contributed by atoms with E-state index in [1.165, 1.54) is 16.7 Å². The summed E-state index contributed by atoms with van der Waals surface area (Å²) in [6.45, 7) is 4.12. The first kappa shape index (κ1) is 19.7. The third-order valence-corrected chi connectivity index (χ3v) is 5.25. The molecule has 1 aromatic carbocycles. The van der Waals surface area contributed by atoms with E-state index in [0.29, 0.717) is 43.9 Å². The van der Waals surface area contributed by atoms with Crippen LogP contribution in [0.1, 0.15) is 19.4 Å². The molecule has 2 rings (SSSR count). The van der Waals surface area contributed by atoms with Crippen molar-refractivity contribution in [3.63, 3.8) is 0 Å². The number of halogens is 1. The number of thioether (sulfide) groups is 1. The van der Waals surface area contributed by atoms with Crippen LogP contribution in [0, 0.1) is 0 Å². The Morgan fingerprint density at radius 3 is 2.60 bits per heavy atom. The van der Waals surface area contributed by atoms with Gasteiger partial charge in [0.2, 0.25) is 0 Å². The summed E-state index contributed by atoms with van der Waals surface area (Å²) >= 11 is 9.87. The third kappa shape index (κ3) is 4.74. The number of thiocarbonyl (C=S) groups is 1. The van der Waals surface area contributed by atoms with Gasteiger partial charge in [-0.1, -0.05) is 39.9 Å². The lowest BCUT2D eigenvalue weighted by molar-refractivity contribution is -0.139. The van der Waals surface area contributed by atoms with Crippen molar-refractivity contribution in [3.05, 3.63) is 27.1 Å². The quantitative estimate of drug-likeness (QED) is 0.507. The number of carboxylic acid groups (broad SMARTS) is 1. The number of nitrogens with zero attached hydrogens (tertiary/aromatic N) is 1. The number of ether oxygens (including phenoxy) is 2. The van der Waals surface area contributed by atoms with E-state index >= 15 is 0 Å². The van der Waals surface area contributed by atoms with Crippen LogP contribution in [0.2, 0.25) is 0 Å². The first-order valence-corrected chi connectivity index (χ1v) is 9.45. The van der Waals surface area contributed by atoms with Gasteiger partial charge >= 0.3 is 5.97 Å². The Bertz CT molecular complexity index is 750. The van der Waals surface area contributed by atoms with E-state index in [4.69, 9.17) is 26.8 Å². The van der Waals surface area contributed by atoms with Gasteiger partial charge in [-0.3, -0.25) is 9.69 Å². The summed E-state index contributed by atoms with van der Waals surface area (Å²) in [7, 11) is 0. The molecule has 1 heterocycles. The van der Waals surface area contributed by atoms with Crippen LogP contribution in [0.4, 0.5) is 0 Å². The van der Waals surface area contributed by atoms with E-state index in [-0.39, 0.29) is 5.91 Å². The molecule has 0 unspecified atom stereocenters. The Kier molecular flexibility index (Phi) is 6.86. The van der Waals surface area contributed by atoms with Crippen LogP contribution in [0.15, 0.2) is 21.5 Å². The number of carboxylic acids is 1. The van der Waals surface area contributed by atoms with Crippen LogP contribution in [0.3, 0.4) is 0 Å². The normalized spacial score (nSPS) is 15.8. The van der Waals surface area contributed by atoms with Gasteiger partial charge in [-0.05, 0) is 37.6 Å².